The number of rotatable bonds is 5. The average Bonchev–Trinajstić information content (AvgIpc) is 3.27. The number of pyridine rings is 1. The molecule has 0 spiro atoms. The van der Waals surface area contributed by atoms with Gasteiger partial charge in [0.05, 0.1) is 5.56 Å². The van der Waals surface area contributed by atoms with Crippen LogP contribution in [0.1, 0.15) is 35.4 Å². The third-order valence-electron chi connectivity index (χ3n) is 3.99. The first-order valence-electron chi connectivity index (χ1n) is 8.14. The van der Waals surface area contributed by atoms with E-state index in [4.69, 9.17) is 0 Å². The first-order valence-corrected chi connectivity index (χ1v) is 8.14. The fourth-order valence-corrected chi connectivity index (χ4v) is 2.52. The Bertz CT molecular complexity index is 1030. The maximum Gasteiger partial charge on any atom is 0.408 e. The van der Waals surface area contributed by atoms with Crippen LogP contribution < -0.4 is 5.32 Å². The van der Waals surface area contributed by atoms with Crippen molar-refractivity contribution in [1.82, 2.24) is 29.5 Å². The molecule has 13 heteroatoms. The molecule has 8 nitrogen and oxygen atoms in total. The smallest absolute Gasteiger partial charge is 0.306 e. The Labute approximate surface area is 160 Å². The van der Waals surface area contributed by atoms with E-state index in [2.05, 4.69) is 25.6 Å². The lowest BCUT2D eigenvalue weighted by Gasteiger charge is -2.18. The molecule has 0 radical (unpaired) electrons. The first kappa shape index (κ1) is 20.4. The van der Waals surface area contributed by atoms with Crippen molar-refractivity contribution >= 4 is 11.7 Å². The number of aromatic nitrogens is 6. The van der Waals surface area contributed by atoms with Gasteiger partial charge in [0.15, 0.2) is 5.82 Å². The molecule has 0 bridgehead atoms. The van der Waals surface area contributed by atoms with Crippen LogP contribution in [0, 0.1) is 0 Å². The van der Waals surface area contributed by atoms with Crippen LogP contribution >= 0.6 is 0 Å². The quantitative estimate of drug-likeness (QED) is 0.646. The Morgan fingerprint density at radius 3 is 2.62 bits per heavy atom. The summed E-state index contributed by atoms with van der Waals surface area (Å²) in [5.41, 5.74) is -1.03. The second-order valence-corrected chi connectivity index (χ2v) is 6.04. The van der Waals surface area contributed by atoms with Crippen LogP contribution in [0.5, 0.6) is 0 Å². The van der Waals surface area contributed by atoms with Crippen LogP contribution in [0.2, 0.25) is 0 Å². The Kier molecular flexibility index (Phi) is 5.31. The van der Waals surface area contributed by atoms with E-state index in [0.717, 1.165) is 28.7 Å². The lowest BCUT2D eigenvalue weighted by atomic mass is 10.2. The summed E-state index contributed by atoms with van der Waals surface area (Å²) in [6, 6.07) is 2.25. The summed E-state index contributed by atoms with van der Waals surface area (Å²) >= 11 is 0. The third-order valence-corrected chi connectivity index (χ3v) is 3.99. The van der Waals surface area contributed by atoms with Gasteiger partial charge in [-0.05, 0) is 19.1 Å². The second kappa shape index (κ2) is 7.56. The Morgan fingerprint density at radius 1 is 1.24 bits per heavy atom. The van der Waals surface area contributed by atoms with Gasteiger partial charge in [0.2, 0.25) is 0 Å². The summed E-state index contributed by atoms with van der Waals surface area (Å²) in [7, 11) is 1.39. The molecule has 3 rings (SSSR count). The van der Waals surface area contributed by atoms with E-state index >= 15 is 0 Å². The second-order valence-electron chi connectivity index (χ2n) is 6.04. The first-order chi connectivity index (χ1) is 13.6. The van der Waals surface area contributed by atoms with E-state index in [0.29, 0.717) is 0 Å². The number of halogens is 5. The lowest BCUT2D eigenvalue weighted by molar-refractivity contribution is -0.162. The number of carbonyl (C=O) groups excluding carboxylic acids is 1. The van der Waals surface area contributed by atoms with Gasteiger partial charge in [-0.15, -0.1) is 10.2 Å². The Hall–Kier alpha value is -3.38. The number of anilines is 1. The molecule has 0 saturated carbocycles. The molecule has 29 heavy (non-hydrogen) atoms. The van der Waals surface area contributed by atoms with Crippen molar-refractivity contribution in [3.05, 3.63) is 42.0 Å². The van der Waals surface area contributed by atoms with Crippen molar-refractivity contribution in [3.63, 3.8) is 0 Å². The summed E-state index contributed by atoms with van der Waals surface area (Å²) in [4.78, 5) is 16.4. The van der Waals surface area contributed by atoms with Gasteiger partial charge in [-0.1, -0.05) is 6.07 Å². The number of nitrogens with one attached hydrogen (secondary N) is 1. The number of aryl methyl sites for hydroxylation is 1. The molecule has 1 N–H and O–H groups in total. The van der Waals surface area contributed by atoms with Crippen LogP contribution in [0.3, 0.4) is 0 Å². The van der Waals surface area contributed by atoms with Crippen molar-refractivity contribution in [1.29, 1.82) is 0 Å². The van der Waals surface area contributed by atoms with Gasteiger partial charge in [0.1, 0.15) is 29.6 Å². The zero-order valence-corrected chi connectivity index (χ0v) is 15.0. The van der Waals surface area contributed by atoms with Crippen molar-refractivity contribution in [3.8, 4) is 11.5 Å². The number of alkyl halides is 5. The zero-order valence-electron chi connectivity index (χ0n) is 15.0. The fraction of sp³-hybridized carbons (Fsp3) is 0.312. The van der Waals surface area contributed by atoms with E-state index in [1.807, 2.05) is 0 Å². The minimum Gasteiger partial charge on any atom is -0.306 e. The zero-order chi connectivity index (χ0) is 21.3. The van der Waals surface area contributed by atoms with Crippen LogP contribution in [-0.2, 0) is 7.05 Å². The topological polar surface area (TPSA) is 90.5 Å². The van der Waals surface area contributed by atoms with Crippen LogP contribution in [-0.4, -0.2) is 41.6 Å². The summed E-state index contributed by atoms with van der Waals surface area (Å²) in [5.74, 6) is -1.12. The summed E-state index contributed by atoms with van der Waals surface area (Å²) in [5, 5.41) is 13.0. The fourth-order valence-electron chi connectivity index (χ4n) is 2.52. The molecule has 3 heterocycles. The molecule has 1 amide bonds. The number of nitrogens with zero attached hydrogens (tertiary/aromatic N) is 6. The van der Waals surface area contributed by atoms with Crippen LogP contribution in [0.25, 0.3) is 11.5 Å². The highest BCUT2D eigenvalue weighted by Gasteiger charge is 2.38. The molecule has 0 aromatic carbocycles. The molecular formula is C16H14F5N7O. The minimum atomic E-state index is -4.53. The molecule has 0 aliphatic rings. The van der Waals surface area contributed by atoms with Crippen molar-refractivity contribution in [2.45, 2.75) is 25.6 Å². The SMILES string of the molecule is CC(n1cnnc1-c1cccc(NC(=O)c2cn(C)nc2C(F)F)n1)C(F)(F)F. The van der Waals surface area contributed by atoms with Gasteiger partial charge in [0, 0.05) is 13.2 Å². The highest BCUT2D eigenvalue weighted by atomic mass is 19.4. The van der Waals surface area contributed by atoms with E-state index in [1.165, 1.54) is 25.2 Å². The molecule has 3 aromatic rings. The minimum absolute atomic E-state index is 0.0108. The van der Waals surface area contributed by atoms with Gasteiger partial charge in [0.25, 0.3) is 12.3 Å². The van der Waals surface area contributed by atoms with Crippen LogP contribution in [0.15, 0.2) is 30.7 Å². The largest absolute Gasteiger partial charge is 0.408 e. The molecule has 0 aliphatic heterocycles. The van der Waals surface area contributed by atoms with E-state index in [-0.39, 0.29) is 22.9 Å². The van der Waals surface area contributed by atoms with Gasteiger partial charge in [-0.3, -0.25) is 9.48 Å². The predicted octanol–water partition coefficient (Wildman–Crippen LogP) is 3.39. The summed E-state index contributed by atoms with van der Waals surface area (Å²) in [6.07, 6.45) is -5.44. The Balaban J connectivity index is 1.89. The molecule has 1 unspecified atom stereocenters. The molecule has 0 aliphatic carbocycles. The summed E-state index contributed by atoms with van der Waals surface area (Å²) in [6.45, 7) is 0.937. The maximum absolute atomic E-state index is 13.0. The third kappa shape index (κ3) is 4.22. The van der Waals surface area contributed by atoms with Gasteiger partial charge >= 0.3 is 6.18 Å². The number of carbonyl (C=O) groups is 1. The highest BCUT2D eigenvalue weighted by molar-refractivity contribution is 6.04. The molecule has 0 saturated heterocycles. The van der Waals surface area contributed by atoms with Crippen molar-refractivity contribution in [2.75, 3.05) is 5.32 Å². The van der Waals surface area contributed by atoms with E-state index in [9.17, 15) is 26.7 Å². The predicted molar refractivity (Wildman–Crippen MR) is 90.1 cm³/mol. The van der Waals surface area contributed by atoms with E-state index < -0.39 is 30.2 Å². The molecule has 154 valence electrons. The lowest BCUT2D eigenvalue weighted by Crippen LogP contribution is -2.24. The average molecular weight is 415 g/mol. The number of amides is 1. The van der Waals surface area contributed by atoms with Gasteiger partial charge in [-0.2, -0.15) is 18.3 Å². The van der Waals surface area contributed by atoms with Crippen molar-refractivity contribution < 1.29 is 26.7 Å². The van der Waals surface area contributed by atoms with Crippen molar-refractivity contribution in [2.24, 2.45) is 7.05 Å². The van der Waals surface area contributed by atoms with Gasteiger partial charge in [-0.25, -0.2) is 13.8 Å². The van der Waals surface area contributed by atoms with E-state index in [1.54, 1.807) is 0 Å². The molecule has 0 fully saturated rings. The number of hydrogen-bond donors (Lipinski definition) is 1. The monoisotopic (exact) mass is 415 g/mol. The maximum atomic E-state index is 13.0. The van der Waals surface area contributed by atoms with Gasteiger partial charge < -0.3 is 9.88 Å². The normalized spacial score (nSPS) is 13.0. The standard InChI is InChI=1S/C16H14F5N7O/c1-8(16(19,20)21)28-7-22-25-14(28)10-4-3-5-11(23-10)24-15(29)9-6-27(2)26-12(9)13(17)18/h3-8,13H,1-2H3,(H,23,24,29). The Morgan fingerprint density at radius 2 is 1.97 bits per heavy atom. The highest BCUT2D eigenvalue weighted by Crippen LogP contribution is 2.32. The molecule has 1 atom stereocenters. The molecular weight excluding hydrogens is 401 g/mol. The van der Waals surface area contributed by atoms with Crippen LogP contribution in [0.4, 0.5) is 27.8 Å². The summed E-state index contributed by atoms with van der Waals surface area (Å²) < 4.78 is 67.0. The molecule has 3 aromatic heterocycles. The number of hydrogen-bond acceptors (Lipinski definition) is 5.